The molecule has 0 atom stereocenters. The highest BCUT2D eigenvalue weighted by molar-refractivity contribution is 5.93. The molecular weight excluding hydrogens is 268 g/mol. The zero-order chi connectivity index (χ0) is 15.2. The lowest BCUT2D eigenvalue weighted by Gasteiger charge is -2.08. The highest BCUT2D eigenvalue weighted by atomic mass is 16.7. The van der Waals surface area contributed by atoms with Crippen molar-refractivity contribution in [2.45, 2.75) is 0 Å². The summed E-state index contributed by atoms with van der Waals surface area (Å²) >= 11 is 0. The Morgan fingerprint density at radius 3 is 1.33 bits per heavy atom. The van der Waals surface area contributed by atoms with Crippen LogP contribution in [0.25, 0.3) is 0 Å². The molecular formula is C15H18N4O2+2. The van der Waals surface area contributed by atoms with E-state index in [1.165, 1.54) is 0 Å². The molecule has 108 valence electrons. The highest BCUT2D eigenvalue weighted by Gasteiger charge is 2.03. The quantitative estimate of drug-likeness (QED) is 0.279. The lowest BCUT2D eigenvalue weighted by atomic mass is 10.2. The first-order chi connectivity index (χ1) is 10.1. The van der Waals surface area contributed by atoms with Crippen molar-refractivity contribution in [3.05, 3.63) is 59.7 Å². The van der Waals surface area contributed by atoms with Crippen molar-refractivity contribution in [3.63, 3.8) is 0 Å². The Hall–Kier alpha value is -3.02. The summed E-state index contributed by atoms with van der Waals surface area (Å²) in [7, 11) is 0. The maximum atomic E-state index is 5.48. The lowest BCUT2D eigenvalue weighted by Crippen LogP contribution is -2.46. The Bertz CT molecular complexity index is 578. The minimum atomic E-state index is 0.0857. The predicted molar refractivity (Wildman–Crippen MR) is 79.5 cm³/mol. The van der Waals surface area contributed by atoms with E-state index in [0.717, 1.165) is 11.1 Å². The number of benzene rings is 2. The second kappa shape index (κ2) is 6.42. The molecule has 0 aliphatic carbocycles. The van der Waals surface area contributed by atoms with Gasteiger partial charge in [-0.05, 0) is 48.5 Å². The van der Waals surface area contributed by atoms with Crippen LogP contribution in [0.2, 0.25) is 0 Å². The minimum absolute atomic E-state index is 0.0857. The molecule has 0 aliphatic heterocycles. The molecule has 2 aromatic rings. The van der Waals surface area contributed by atoms with E-state index in [4.69, 9.17) is 31.8 Å². The Labute approximate surface area is 122 Å². The van der Waals surface area contributed by atoms with E-state index in [1.807, 2.05) is 0 Å². The van der Waals surface area contributed by atoms with E-state index in [2.05, 4.69) is 0 Å². The Kier molecular flexibility index (Phi) is 4.40. The minimum Gasteiger partial charge on any atom is -0.458 e. The summed E-state index contributed by atoms with van der Waals surface area (Å²) in [5.74, 6) is 1.87. The van der Waals surface area contributed by atoms with Gasteiger partial charge in [0.25, 0.3) is 11.7 Å². The zero-order valence-corrected chi connectivity index (χ0v) is 11.5. The summed E-state index contributed by atoms with van der Waals surface area (Å²) in [6.07, 6.45) is 0. The van der Waals surface area contributed by atoms with Crippen molar-refractivity contribution in [2.75, 3.05) is 6.79 Å². The molecule has 0 bridgehead atoms. The summed E-state index contributed by atoms with van der Waals surface area (Å²) in [5, 5.41) is 11.0. The predicted octanol–water partition coefficient (Wildman–Crippen LogP) is -1.97. The van der Waals surface area contributed by atoms with E-state index in [-0.39, 0.29) is 18.5 Å². The molecule has 6 heteroatoms. The Morgan fingerprint density at radius 1 is 0.714 bits per heavy atom. The molecule has 0 fully saturated rings. The average molecular weight is 286 g/mol. The monoisotopic (exact) mass is 286 g/mol. The molecule has 6 nitrogen and oxygen atoms in total. The van der Waals surface area contributed by atoms with Crippen LogP contribution in [0.3, 0.4) is 0 Å². The van der Waals surface area contributed by atoms with Crippen LogP contribution in [0.5, 0.6) is 11.5 Å². The number of ether oxygens (including phenoxy) is 2. The van der Waals surface area contributed by atoms with Gasteiger partial charge in [0.1, 0.15) is 11.5 Å². The van der Waals surface area contributed by atoms with Crippen LogP contribution >= 0.6 is 0 Å². The van der Waals surface area contributed by atoms with Crippen molar-refractivity contribution in [1.82, 2.24) is 0 Å². The van der Waals surface area contributed by atoms with Crippen LogP contribution in [-0.4, -0.2) is 18.5 Å². The third-order valence-corrected chi connectivity index (χ3v) is 2.83. The van der Waals surface area contributed by atoms with Gasteiger partial charge < -0.3 is 9.47 Å². The van der Waals surface area contributed by atoms with Crippen LogP contribution < -0.4 is 31.8 Å². The third kappa shape index (κ3) is 3.97. The molecule has 0 radical (unpaired) electrons. The van der Waals surface area contributed by atoms with Crippen molar-refractivity contribution >= 4 is 11.7 Å². The van der Waals surface area contributed by atoms with Crippen molar-refractivity contribution in [1.29, 1.82) is 0 Å². The fourth-order valence-corrected chi connectivity index (χ4v) is 1.65. The van der Waals surface area contributed by atoms with Crippen molar-refractivity contribution in [3.8, 4) is 11.5 Å². The second-order valence-corrected chi connectivity index (χ2v) is 4.37. The normalized spacial score (nSPS) is 9.90. The number of hydrogen-bond donors (Lipinski definition) is 4. The number of amidine groups is 2. The summed E-state index contributed by atoms with van der Waals surface area (Å²) in [6, 6.07) is 14.2. The van der Waals surface area contributed by atoms with Crippen LogP contribution in [0.4, 0.5) is 0 Å². The van der Waals surface area contributed by atoms with Gasteiger partial charge in [-0.15, -0.1) is 0 Å². The smallest absolute Gasteiger partial charge is 0.270 e. The summed E-state index contributed by atoms with van der Waals surface area (Å²) in [5.41, 5.74) is 12.5. The molecule has 0 unspecified atom stereocenters. The molecule has 0 aliphatic rings. The number of hydrogen-bond acceptors (Lipinski definition) is 2. The average Bonchev–Trinajstić information content (AvgIpc) is 2.48. The fraction of sp³-hybridized carbons (Fsp3) is 0.0667. The van der Waals surface area contributed by atoms with Crippen molar-refractivity contribution < 1.29 is 20.3 Å². The molecule has 0 aromatic heterocycles. The first kappa shape index (κ1) is 14.4. The zero-order valence-electron chi connectivity index (χ0n) is 11.5. The maximum Gasteiger partial charge on any atom is 0.270 e. The van der Waals surface area contributed by atoms with E-state index in [9.17, 15) is 0 Å². The highest BCUT2D eigenvalue weighted by Crippen LogP contribution is 2.14. The standard InChI is InChI=1S/C15H16N4O2/c16-14(17)10-1-5-12(6-2-10)20-9-21-13-7-3-11(4-8-13)15(18)19/h1-8H,9H2,(H3,16,17)(H3,18,19)/p+2. The number of nitrogens with two attached hydrogens (primary N) is 4. The van der Waals surface area contributed by atoms with E-state index >= 15 is 0 Å². The SMILES string of the molecule is NC(=[NH2+])c1ccc(OCOc2ccc(C(N)=[NH2+])cc2)cc1. The third-order valence-electron chi connectivity index (χ3n) is 2.83. The maximum absolute atomic E-state index is 5.48. The molecule has 2 aromatic carbocycles. The second-order valence-electron chi connectivity index (χ2n) is 4.37. The van der Waals surface area contributed by atoms with Gasteiger partial charge in [0.2, 0.25) is 6.79 Å². The summed E-state index contributed by atoms with van der Waals surface area (Å²) < 4.78 is 10.9. The Balaban J connectivity index is 1.86. The molecule has 0 saturated heterocycles. The van der Waals surface area contributed by atoms with Crippen LogP contribution in [0.15, 0.2) is 48.5 Å². The van der Waals surface area contributed by atoms with Crippen LogP contribution in [0, 0.1) is 0 Å². The Morgan fingerprint density at radius 2 is 1.05 bits per heavy atom. The molecule has 8 N–H and O–H groups in total. The molecule has 0 amide bonds. The first-order valence-electron chi connectivity index (χ1n) is 6.28. The van der Waals surface area contributed by atoms with Gasteiger partial charge in [-0.2, -0.15) is 0 Å². The van der Waals surface area contributed by atoms with Crippen LogP contribution in [-0.2, 0) is 0 Å². The van der Waals surface area contributed by atoms with Gasteiger partial charge in [0.15, 0.2) is 0 Å². The van der Waals surface area contributed by atoms with Gasteiger partial charge in [-0.3, -0.25) is 22.3 Å². The molecule has 0 spiro atoms. The lowest BCUT2D eigenvalue weighted by molar-refractivity contribution is -0.115. The summed E-state index contributed by atoms with van der Waals surface area (Å²) in [6.45, 7) is 0.0857. The van der Waals surface area contributed by atoms with Gasteiger partial charge in [0, 0.05) is 0 Å². The number of rotatable bonds is 6. The topological polar surface area (TPSA) is 122 Å². The van der Waals surface area contributed by atoms with Gasteiger partial charge in [-0.25, -0.2) is 0 Å². The first-order valence-corrected chi connectivity index (χ1v) is 6.28. The van der Waals surface area contributed by atoms with E-state index in [0.29, 0.717) is 11.5 Å². The summed E-state index contributed by atoms with van der Waals surface area (Å²) in [4.78, 5) is 0. The molecule has 0 heterocycles. The fourth-order valence-electron chi connectivity index (χ4n) is 1.65. The van der Waals surface area contributed by atoms with Crippen molar-refractivity contribution in [2.24, 2.45) is 11.5 Å². The van der Waals surface area contributed by atoms with E-state index < -0.39 is 0 Å². The van der Waals surface area contributed by atoms with Crippen LogP contribution in [0.1, 0.15) is 11.1 Å². The molecule has 21 heavy (non-hydrogen) atoms. The van der Waals surface area contributed by atoms with Gasteiger partial charge >= 0.3 is 0 Å². The van der Waals surface area contributed by atoms with E-state index in [1.54, 1.807) is 48.5 Å². The van der Waals surface area contributed by atoms with Gasteiger partial charge in [0.05, 0.1) is 11.1 Å². The molecule has 2 rings (SSSR count). The largest absolute Gasteiger partial charge is 0.458 e. The van der Waals surface area contributed by atoms with Gasteiger partial charge in [-0.1, -0.05) is 0 Å². The molecule has 0 saturated carbocycles.